The van der Waals surface area contributed by atoms with Crippen molar-refractivity contribution >= 4 is 28.8 Å². The molecule has 1 aliphatic rings. The number of aliphatic hydroxyl groups excluding tert-OH is 1. The molecule has 1 aromatic carbocycles. The predicted octanol–water partition coefficient (Wildman–Crippen LogP) is 1.33. The number of likely N-dealkylation sites (tertiary alicyclic amines) is 1. The lowest BCUT2D eigenvalue weighted by Crippen LogP contribution is -3.06. The summed E-state index contributed by atoms with van der Waals surface area (Å²) in [4.78, 5) is 29.2. The Labute approximate surface area is 173 Å². The fourth-order valence-electron chi connectivity index (χ4n) is 3.34. The van der Waals surface area contributed by atoms with Crippen molar-refractivity contribution in [3.05, 3.63) is 51.7 Å². The Balaban J connectivity index is 2.11. The van der Waals surface area contributed by atoms with E-state index in [2.05, 4.69) is 0 Å². The lowest BCUT2D eigenvalue weighted by atomic mass is 9.99. The molecule has 29 heavy (non-hydrogen) atoms. The van der Waals surface area contributed by atoms with Crippen molar-refractivity contribution in [2.45, 2.75) is 6.04 Å². The molecular weight excluding hydrogens is 392 g/mol. The van der Waals surface area contributed by atoms with E-state index in [9.17, 15) is 14.7 Å². The fourth-order valence-corrected chi connectivity index (χ4v) is 4.18. The second-order valence-corrected chi connectivity index (χ2v) is 8.01. The second-order valence-electron chi connectivity index (χ2n) is 7.03. The highest BCUT2D eigenvalue weighted by atomic mass is 32.1. The van der Waals surface area contributed by atoms with E-state index in [1.807, 2.05) is 31.6 Å². The van der Waals surface area contributed by atoms with Gasteiger partial charge in [-0.2, -0.15) is 0 Å². The van der Waals surface area contributed by atoms with Crippen molar-refractivity contribution in [2.75, 3.05) is 41.4 Å². The molecule has 1 amide bonds. The monoisotopic (exact) mass is 417 g/mol. The number of amides is 1. The number of carbonyl (C=O) groups excluding carboxylic acids is 2. The molecule has 1 aliphatic heterocycles. The number of rotatable bonds is 7. The molecule has 0 unspecified atom stereocenters. The normalized spacial score (nSPS) is 18.5. The summed E-state index contributed by atoms with van der Waals surface area (Å²) in [5.74, 6) is -0.554. The maximum absolute atomic E-state index is 12.9. The lowest BCUT2D eigenvalue weighted by Gasteiger charge is -2.24. The molecule has 0 aliphatic carbocycles. The Morgan fingerprint density at radius 2 is 1.90 bits per heavy atom. The van der Waals surface area contributed by atoms with Crippen LogP contribution in [0, 0.1) is 0 Å². The average Bonchev–Trinajstić information content (AvgIpc) is 3.32. The van der Waals surface area contributed by atoms with Crippen LogP contribution in [-0.4, -0.2) is 63.1 Å². The first-order valence-electron chi connectivity index (χ1n) is 9.22. The molecule has 0 bridgehead atoms. The molecule has 1 saturated heterocycles. The summed E-state index contributed by atoms with van der Waals surface area (Å²) in [6.07, 6.45) is 0. The van der Waals surface area contributed by atoms with Gasteiger partial charge in [-0.1, -0.05) is 6.07 Å². The molecule has 1 fully saturated rings. The number of Topliss-reactive ketones (excluding diaryl/α,β-unsaturated/α-hetero) is 1. The van der Waals surface area contributed by atoms with Crippen LogP contribution in [0.25, 0.3) is 5.76 Å². The molecule has 2 N–H and O–H groups in total. The first-order chi connectivity index (χ1) is 13.9. The van der Waals surface area contributed by atoms with Crippen LogP contribution >= 0.6 is 11.3 Å². The van der Waals surface area contributed by atoms with Crippen molar-refractivity contribution in [1.82, 2.24) is 4.90 Å². The predicted molar refractivity (Wildman–Crippen MR) is 111 cm³/mol. The highest BCUT2D eigenvalue weighted by Gasteiger charge is 2.46. The van der Waals surface area contributed by atoms with E-state index in [4.69, 9.17) is 9.47 Å². The minimum absolute atomic E-state index is 0.0958. The fraction of sp³-hybridized carbons (Fsp3) is 0.333. The first-order valence-corrected chi connectivity index (χ1v) is 10.1. The number of ketones is 1. The van der Waals surface area contributed by atoms with Crippen molar-refractivity contribution in [2.24, 2.45) is 0 Å². The van der Waals surface area contributed by atoms with Gasteiger partial charge >= 0.3 is 0 Å². The van der Waals surface area contributed by atoms with Crippen LogP contribution in [0.15, 0.2) is 41.3 Å². The zero-order valence-electron chi connectivity index (χ0n) is 16.9. The molecule has 154 valence electrons. The van der Waals surface area contributed by atoms with Gasteiger partial charge in [0, 0.05) is 10.4 Å². The molecule has 0 spiro atoms. The van der Waals surface area contributed by atoms with Gasteiger partial charge in [0.25, 0.3) is 11.7 Å². The maximum atomic E-state index is 12.9. The number of thiophene rings is 1. The van der Waals surface area contributed by atoms with E-state index in [0.29, 0.717) is 30.2 Å². The number of ether oxygens (including phenoxy) is 2. The summed E-state index contributed by atoms with van der Waals surface area (Å²) < 4.78 is 10.5. The minimum Gasteiger partial charge on any atom is -0.507 e. The summed E-state index contributed by atoms with van der Waals surface area (Å²) in [7, 11) is 6.99. The highest BCUT2D eigenvalue weighted by molar-refractivity contribution is 7.10. The molecule has 0 saturated carbocycles. The number of quaternary nitrogens is 1. The highest BCUT2D eigenvalue weighted by Crippen LogP contribution is 2.41. The van der Waals surface area contributed by atoms with E-state index in [1.165, 1.54) is 25.6 Å². The summed E-state index contributed by atoms with van der Waals surface area (Å²) in [6.45, 7) is 1.10. The van der Waals surface area contributed by atoms with Gasteiger partial charge < -0.3 is 24.4 Å². The van der Waals surface area contributed by atoms with Crippen LogP contribution in [0.3, 0.4) is 0 Å². The largest absolute Gasteiger partial charge is 0.507 e. The Kier molecular flexibility index (Phi) is 6.24. The smallest absolute Gasteiger partial charge is 0.295 e. The number of hydrogen-bond donors (Lipinski definition) is 2. The van der Waals surface area contributed by atoms with Crippen molar-refractivity contribution in [3.8, 4) is 11.5 Å². The van der Waals surface area contributed by atoms with Crippen LogP contribution in [-0.2, 0) is 9.59 Å². The summed E-state index contributed by atoms with van der Waals surface area (Å²) >= 11 is 1.45. The molecule has 0 radical (unpaired) electrons. The number of likely N-dealkylation sites (N-methyl/N-ethyl adjacent to an activating group) is 1. The van der Waals surface area contributed by atoms with E-state index in [-0.39, 0.29) is 11.3 Å². The van der Waals surface area contributed by atoms with Gasteiger partial charge in [-0.3, -0.25) is 9.59 Å². The number of carbonyl (C=O) groups is 2. The molecular formula is C21H25N2O5S+. The summed E-state index contributed by atoms with van der Waals surface area (Å²) in [5, 5.41) is 12.9. The quantitative estimate of drug-likeness (QED) is 0.404. The topological polar surface area (TPSA) is 80.5 Å². The molecule has 2 aromatic rings. The molecule has 1 atom stereocenters. The van der Waals surface area contributed by atoms with E-state index < -0.39 is 17.7 Å². The van der Waals surface area contributed by atoms with Crippen molar-refractivity contribution in [1.29, 1.82) is 0 Å². The number of hydrogen-bond acceptors (Lipinski definition) is 6. The molecule has 7 nitrogen and oxygen atoms in total. The maximum Gasteiger partial charge on any atom is 0.295 e. The third-order valence-electron chi connectivity index (χ3n) is 4.86. The minimum atomic E-state index is -0.676. The lowest BCUT2D eigenvalue weighted by molar-refractivity contribution is -0.857. The van der Waals surface area contributed by atoms with E-state index in [0.717, 1.165) is 9.78 Å². The van der Waals surface area contributed by atoms with Gasteiger partial charge in [-0.25, -0.2) is 0 Å². The van der Waals surface area contributed by atoms with Crippen LogP contribution in [0.5, 0.6) is 11.5 Å². The Hall–Kier alpha value is -2.84. The molecule has 3 rings (SSSR count). The summed E-state index contributed by atoms with van der Waals surface area (Å²) in [6, 6.07) is 8.02. The van der Waals surface area contributed by atoms with Gasteiger partial charge in [0.05, 0.1) is 53.0 Å². The zero-order valence-corrected chi connectivity index (χ0v) is 17.7. The third kappa shape index (κ3) is 3.99. The van der Waals surface area contributed by atoms with Gasteiger partial charge in [0.2, 0.25) is 0 Å². The van der Waals surface area contributed by atoms with E-state index in [1.54, 1.807) is 23.1 Å². The first kappa shape index (κ1) is 20.9. The van der Waals surface area contributed by atoms with Crippen LogP contribution < -0.4 is 14.4 Å². The van der Waals surface area contributed by atoms with Gasteiger partial charge in [0.1, 0.15) is 5.76 Å². The number of nitrogens with zero attached hydrogens (tertiary/aromatic N) is 1. The van der Waals surface area contributed by atoms with Gasteiger partial charge in [-0.05, 0) is 29.6 Å². The average molecular weight is 418 g/mol. The van der Waals surface area contributed by atoms with Crippen LogP contribution in [0.2, 0.25) is 0 Å². The van der Waals surface area contributed by atoms with Gasteiger partial charge in [-0.15, -0.1) is 11.3 Å². The number of methoxy groups -OCH3 is 2. The SMILES string of the molecule is COc1ccc(C(O)=C2C(=O)C(=O)N(CC[NH+](C)C)[C@@H]2c2cccs2)cc1OC. The summed E-state index contributed by atoms with van der Waals surface area (Å²) in [5.41, 5.74) is 0.485. The molecule has 8 heteroatoms. The van der Waals surface area contributed by atoms with Crippen LogP contribution in [0.1, 0.15) is 16.5 Å². The Morgan fingerprint density at radius 3 is 2.48 bits per heavy atom. The van der Waals surface area contributed by atoms with Crippen LogP contribution in [0.4, 0.5) is 0 Å². The zero-order chi connectivity index (χ0) is 21.1. The Morgan fingerprint density at radius 1 is 1.17 bits per heavy atom. The number of aliphatic hydroxyl groups is 1. The second kappa shape index (κ2) is 8.67. The molecule has 1 aromatic heterocycles. The Bertz CT molecular complexity index is 937. The van der Waals surface area contributed by atoms with Gasteiger partial charge in [0.15, 0.2) is 11.5 Å². The number of nitrogens with one attached hydrogen (secondary N) is 1. The number of benzene rings is 1. The molecule has 2 heterocycles. The van der Waals surface area contributed by atoms with Crippen molar-refractivity contribution < 1.29 is 29.1 Å². The van der Waals surface area contributed by atoms with E-state index >= 15 is 0 Å². The third-order valence-corrected chi connectivity index (χ3v) is 5.79. The standard InChI is InChI=1S/C21H24N2O5S/c1-22(2)9-10-23-18(16-6-5-11-29-16)17(20(25)21(23)26)19(24)13-7-8-14(27-3)15(12-13)28-4/h5-8,11-12,18,24H,9-10H2,1-4H3/p+1/t18-/m1/s1. The van der Waals surface area contributed by atoms with Crippen molar-refractivity contribution in [3.63, 3.8) is 0 Å².